The molecule has 10 nitrogen and oxygen atoms in total. The molecule has 0 aliphatic rings. The Kier molecular flexibility index (Phi) is 18.0. The van der Waals surface area contributed by atoms with Gasteiger partial charge in [0.2, 0.25) is 17.7 Å². The van der Waals surface area contributed by atoms with Crippen molar-refractivity contribution in [3.8, 4) is 0 Å². The van der Waals surface area contributed by atoms with Gasteiger partial charge in [0, 0.05) is 0 Å². The van der Waals surface area contributed by atoms with Gasteiger partial charge >= 0.3 is 5.97 Å². The van der Waals surface area contributed by atoms with E-state index in [1.54, 1.807) is 0 Å². The average molecular weight is 522 g/mol. The maximum atomic E-state index is 13.1. The van der Waals surface area contributed by atoms with Gasteiger partial charge in [-0.15, -0.1) is 0 Å². The van der Waals surface area contributed by atoms with Crippen molar-refractivity contribution in [2.24, 2.45) is 17.4 Å². The molecule has 0 fully saturated rings. The van der Waals surface area contributed by atoms with Crippen LogP contribution in [0, 0.1) is 5.92 Å². The minimum Gasteiger partial charge on any atom is -0.480 e. The van der Waals surface area contributed by atoms with Crippen LogP contribution in [-0.4, -0.2) is 83.5 Å². The quantitative estimate of drug-likeness (QED) is 0.132. The molecule has 0 heterocycles. The second-order valence-electron chi connectivity index (χ2n) is 8.61. The molecule has 0 aromatic rings. The lowest BCUT2D eigenvalue weighted by atomic mass is 10.0. The Morgan fingerprint density at radius 2 is 1.29 bits per heavy atom. The second kappa shape index (κ2) is 18.8. The van der Waals surface area contributed by atoms with Crippen LogP contribution in [-0.2, 0) is 19.2 Å². The summed E-state index contributed by atoms with van der Waals surface area (Å²) in [5.41, 5.74) is 11.4. The van der Waals surface area contributed by atoms with Gasteiger partial charge in [0.05, 0.1) is 6.04 Å². The zero-order valence-corrected chi connectivity index (χ0v) is 22.4. The molecular weight excluding hydrogens is 478 g/mol. The highest BCUT2D eigenvalue weighted by Crippen LogP contribution is 2.09. The van der Waals surface area contributed by atoms with Gasteiger partial charge in [-0.25, -0.2) is 4.79 Å². The van der Waals surface area contributed by atoms with Crippen LogP contribution in [0.25, 0.3) is 0 Å². The van der Waals surface area contributed by atoms with E-state index >= 15 is 0 Å². The first-order valence-corrected chi connectivity index (χ1v) is 14.4. The normalized spacial score (nSPS) is 14.7. The highest BCUT2D eigenvalue weighted by Gasteiger charge is 2.30. The van der Waals surface area contributed by atoms with Crippen molar-refractivity contribution in [1.82, 2.24) is 16.0 Å². The first kappa shape index (κ1) is 32.5. The SMILES string of the molecule is CSCCC(NC(=O)C(CCSC)NC(=O)C(CC(C)C)NC(=O)C(N)CCCCN)C(=O)O. The van der Waals surface area contributed by atoms with Gasteiger partial charge in [-0.2, -0.15) is 23.5 Å². The number of nitrogens with two attached hydrogens (primary N) is 2. The summed E-state index contributed by atoms with van der Waals surface area (Å²) < 4.78 is 0. The van der Waals surface area contributed by atoms with Gasteiger partial charge in [0.15, 0.2) is 0 Å². The van der Waals surface area contributed by atoms with Crippen LogP contribution in [0.2, 0.25) is 0 Å². The van der Waals surface area contributed by atoms with Gasteiger partial charge in [-0.1, -0.05) is 20.3 Å². The van der Waals surface area contributed by atoms with E-state index in [2.05, 4.69) is 16.0 Å². The highest BCUT2D eigenvalue weighted by molar-refractivity contribution is 7.98. The molecule has 0 aromatic carbocycles. The molecule has 0 aromatic heterocycles. The summed E-state index contributed by atoms with van der Waals surface area (Å²) >= 11 is 3.00. The first-order chi connectivity index (χ1) is 16.1. The van der Waals surface area contributed by atoms with Crippen molar-refractivity contribution < 1.29 is 24.3 Å². The van der Waals surface area contributed by atoms with Crippen LogP contribution in [0.1, 0.15) is 52.4 Å². The van der Waals surface area contributed by atoms with Gasteiger partial charge in [0.1, 0.15) is 18.1 Å². The smallest absolute Gasteiger partial charge is 0.326 e. The molecule has 4 unspecified atom stereocenters. The average Bonchev–Trinajstić information content (AvgIpc) is 2.77. The van der Waals surface area contributed by atoms with Gasteiger partial charge in [0.25, 0.3) is 0 Å². The van der Waals surface area contributed by atoms with Crippen LogP contribution in [0.4, 0.5) is 0 Å². The van der Waals surface area contributed by atoms with E-state index in [4.69, 9.17) is 11.5 Å². The van der Waals surface area contributed by atoms with E-state index in [0.717, 1.165) is 6.42 Å². The maximum Gasteiger partial charge on any atom is 0.326 e. The molecule has 0 spiro atoms. The van der Waals surface area contributed by atoms with Crippen LogP contribution in [0.3, 0.4) is 0 Å². The van der Waals surface area contributed by atoms with Crippen molar-refractivity contribution in [3.63, 3.8) is 0 Å². The molecule has 198 valence electrons. The first-order valence-electron chi connectivity index (χ1n) is 11.6. The Morgan fingerprint density at radius 1 is 0.794 bits per heavy atom. The summed E-state index contributed by atoms with van der Waals surface area (Å²) in [6, 6.07) is -3.56. The Hall–Kier alpha value is -1.50. The predicted octanol–water partition coefficient (Wildman–Crippen LogP) is 0.534. The molecule has 4 atom stereocenters. The summed E-state index contributed by atoms with van der Waals surface area (Å²) in [5.74, 6) is -1.32. The van der Waals surface area contributed by atoms with Crippen molar-refractivity contribution in [3.05, 3.63) is 0 Å². The summed E-state index contributed by atoms with van der Waals surface area (Å²) in [5, 5.41) is 17.4. The van der Waals surface area contributed by atoms with E-state index < -0.39 is 47.9 Å². The number of aliphatic carboxylic acids is 1. The summed E-state index contributed by atoms with van der Waals surface area (Å²) in [6.45, 7) is 4.37. The van der Waals surface area contributed by atoms with E-state index in [1.807, 2.05) is 26.4 Å². The third-order valence-electron chi connectivity index (χ3n) is 5.11. The van der Waals surface area contributed by atoms with Crippen LogP contribution in [0.15, 0.2) is 0 Å². The molecule has 8 N–H and O–H groups in total. The zero-order chi connectivity index (χ0) is 26.1. The molecule has 3 amide bonds. The minimum absolute atomic E-state index is 0.103. The Labute approximate surface area is 211 Å². The number of unbranched alkanes of at least 4 members (excludes halogenated alkanes) is 1. The molecule has 0 saturated heterocycles. The number of nitrogens with one attached hydrogen (secondary N) is 3. The number of hydrogen-bond acceptors (Lipinski definition) is 8. The number of thioether (sulfide) groups is 2. The fourth-order valence-electron chi connectivity index (χ4n) is 3.16. The molecule has 12 heteroatoms. The largest absolute Gasteiger partial charge is 0.480 e. The lowest BCUT2D eigenvalue weighted by Crippen LogP contribution is -2.57. The van der Waals surface area contributed by atoms with Crippen molar-refractivity contribution >= 4 is 47.2 Å². The van der Waals surface area contributed by atoms with Crippen molar-refractivity contribution in [2.45, 2.75) is 76.5 Å². The third-order valence-corrected chi connectivity index (χ3v) is 6.40. The summed E-state index contributed by atoms with van der Waals surface area (Å²) in [7, 11) is 0. The molecule has 34 heavy (non-hydrogen) atoms. The molecule has 0 rings (SSSR count). The van der Waals surface area contributed by atoms with E-state index in [9.17, 15) is 24.3 Å². The number of carboxylic acids is 1. The fourth-order valence-corrected chi connectivity index (χ4v) is 4.11. The van der Waals surface area contributed by atoms with Crippen molar-refractivity contribution in [1.29, 1.82) is 0 Å². The lowest BCUT2D eigenvalue weighted by Gasteiger charge is -2.26. The topological polar surface area (TPSA) is 177 Å². The number of carbonyl (C=O) groups excluding carboxylic acids is 3. The Morgan fingerprint density at radius 3 is 1.79 bits per heavy atom. The Balaban J connectivity index is 5.34. The van der Waals surface area contributed by atoms with E-state index in [1.165, 1.54) is 23.5 Å². The van der Waals surface area contributed by atoms with Gasteiger partial charge in [-0.3, -0.25) is 14.4 Å². The van der Waals surface area contributed by atoms with E-state index in [-0.39, 0.29) is 12.3 Å². The van der Waals surface area contributed by atoms with Gasteiger partial charge in [-0.05, 0) is 68.6 Å². The van der Waals surface area contributed by atoms with Gasteiger partial charge < -0.3 is 32.5 Å². The lowest BCUT2D eigenvalue weighted by molar-refractivity contribution is -0.142. The predicted molar refractivity (Wildman–Crippen MR) is 140 cm³/mol. The molecular formula is C22H43N5O5S2. The minimum atomic E-state index is -1.12. The summed E-state index contributed by atoms with van der Waals surface area (Å²) in [4.78, 5) is 50.0. The number of amides is 3. The monoisotopic (exact) mass is 521 g/mol. The summed E-state index contributed by atoms with van der Waals surface area (Å²) in [6.07, 6.45) is 6.65. The Bertz CT molecular complexity index is 639. The fraction of sp³-hybridized carbons (Fsp3) is 0.818. The van der Waals surface area contributed by atoms with Crippen LogP contribution in [0.5, 0.6) is 0 Å². The molecule has 0 bridgehead atoms. The number of carboxylic acid groups (broad SMARTS) is 1. The van der Waals surface area contributed by atoms with Crippen LogP contribution >= 0.6 is 23.5 Å². The maximum absolute atomic E-state index is 13.1. The van der Waals surface area contributed by atoms with Crippen LogP contribution < -0.4 is 27.4 Å². The molecule has 0 aliphatic heterocycles. The second-order valence-corrected chi connectivity index (χ2v) is 10.6. The standard InChI is InChI=1S/C22H43N5O5S2/c1-14(2)13-18(27-19(28)15(24)7-5-6-10-23)21(30)25-16(8-11-33-3)20(29)26-17(22(31)32)9-12-34-4/h14-18H,5-13,23-24H2,1-4H3,(H,25,30)(H,26,29)(H,27,28)(H,31,32). The zero-order valence-electron chi connectivity index (χ0n) is 20.8. The number of hydrogen-bond donors (Lipinski definition) is 6. The molecule has 0 radical (unpaired) electrons. The third kappa shape index (κ3) is 14.0. The number of carbonyl (C=O) groups is 4. The van der Waals surface area contributed by atoms with E-state index in [0.29, 0.717) is 43.7 Å². The molecule has 0 saturated carbocycles. The van der Waals surface area contributed by atoms with Crippen molar-refractivity contribution in [2.75, 3.05) is 30.6 Å². The molecule has 0 aliphatic carbocycles. The number of rotatable bonds is 19. The highest BCUT2D eigenvalue weighted by atomic mass is 32.2.